The molecule has 5 heteroatoms. The van der Waals surface area contributed by atoms with Crippen LogP contribution >= 0.6 is 11.8 Å². The van der Waals surface area contributed by atoms with E-state index < -0.39 is 11.4 Å². The smallest absolute Gasteiger partial charge is 0.284 e. The van der Waals surface area contributed by atoms with E-state index in [2.05, 4.69) is 4.18 Å². The van der Waals surface area contributed by atoms with Crippen LogP contribution in [-0.2, 0) is 15.5 Å². The average molecular weight is 168 g/mol. The fraction of sp³-hybridized carbons (Fsp3) is 1.00. The molecule has 0 bridgehead atoms. The topological polar surface area (TPSA) is 46.5 Å². The molecule has 0 aliphatic carbocycles. The van der Waals surface area contributed by atoms with Crippen LogP contribution in [0.5, 0.6) is 0 Å². The standard InChI is InChI=1S/C4H8O3S2/c5-9(6)7-4-2-1-3-8-4/h4H,1-3H2,(H,5,6). The lowest BCUT2D eigenvalue weighted by Crippen LogP contribution is -2.05. The molecule has 2 atom stereocenters. The summed E-state index contributed by atoms with van der Waals surface area (Å²) in [5, 5.41) is 0. The van der Waals surface area contributed by atoms with Gasteiger partial charge in [-0.2, -0.15) is 4.21 Å². The summed E-state index contributed by atoms with van der Waals surface area (Å²) in [6.45, 7) is 0. The van der Waals surface area contributed by atoms with E-state index in [-0.39, 0.29) is 5.44 Å². The van der Waals surface area contributed by atoms with Gasteiger partial charge in [-0.15, -0.1) is 11.8 Å². The van der Waals surface area contributed by atoms with Crippen molar-refractivity contribution in [1.29, 1.82) is 0 Å². The van der Waals surface area contributed by atoms with E-state index in [4.69, 9.17) is 4.55 Å². The molecular weight excluding hydrogens is 160 g/mol. The molecule has 1 saturated heterocycles. The minimum absolute atomic E-state index is 0.0455. The SMILES string of the molecule is O=S(O)OC1CCCS1. The summed E-state index contributed by atoms with van der Waals surface area (Å²) in [6.07, 6.45) is 1.99. The Morgan fingerprint density at radius 1 is 1.78 bits per heavy atom. The highest BCUT2D eigenvalue weighted by atomic mass is 32.2. The normalized spacial score (nSPS) is 30.6. The molecule has 0 radical (unpaired) electrons. The van der Waals surface area contributed by atoms with Crippen LogP contribution in [0.25, 0.3) is 0 Å². The van der Waals surface area contributed by atoms with Gasteiger partial charge in [0.05, 0.1) is 0 Å². The number of thioether (sulfide) groups is 1. The third-order valence-electron chi connectivity index (χ3n) is 1.08. The van der Waals surface area contributed by atoms with Gasteiger partial charge in [0.15, 0.2) is 0 Å². The zero-order valence-corrected chi connectivity index (χ0v) is 6.41. The van der Waals surface area contributed by atoms with Crippen molar-refractivity contribution in [3.63, 3.8) is 0 Å². The number of rotatable bonds is 2. The molecule has 0 amide bonds. The van der Waals surface area contributed by atoms with Crippen molar-refractivity contribution < 1.29 is 12.9 Å². The number of hydrogen-bond donors (Lipinski definition) is 1. The van der Waals surface area contributed by atoms with E-state index in [1.54, 1.807) is 11.8 Å². The molecule has 0 spiro atoms. The molecule has 0 aromatic rings. The second-order valence-corrected chi connectivity index (χ2v) is 3.65. The van der Waals surface area contributed by atoms with Gasteiger partial charge in [-0.3, -0.25) is 8.74 Å². The van der Waals surface area contributed by atoms with Gasteiger partial charge in [0.25, 0.3) is 0 Å². The lowest BCUT2D eigenvalue weighted by Gasteiger charge is -2.02. The van der Waals surface area contributed by atoms with Crippen LogP contribution in [-0.4, -0.2) is 20.0 Å². The van der Waals surface area contributed by atoms with Crippen molar-refractivity contribution in [3.8, 4) is 0 Å². The third-order valence-corrected chi connectivity index (χ3v) is 2.82. The summed E-state index contributed by atoms with van der Waals surface area (Å²) in [5.41, 5.74) is -0.0455. The Bertz CT molecular complexity index is 110. The molecule has 1 N–H and O–H groups in total. The molecule has 9 heavy (non-hydrogen) atoms. The predicted molar refractivity (Wildman–Crippen MR) is 37.3 cm³/mol. The summed E-state index contributed by atoms with van der Waals surface area (Å²) < 4.78 is 22.9. The van der Waals surface area contributed by atoms with Crippen molar-refractivity contribution >= 4 is 23.1 Å². The first kappa shape index (κ1) is 7.53. The second kappa shape index (κ2) is 3.55. The van der Waals surface area contributed by atoms with E-state index >= 15 is 0 Å². The first-order valence-electron chi connectivity index (χ1n) is 2.68. The van der Waals surface area contributed by atoms with Gasteiger partial charge in [0.2, 0.25) is 0 Å². The molecule has 1 rings (SSSR count). The first-order valence-corrected chi connectivity index (χ1v) is 4.76. The molecule has 1 fully saturated rings. The fourth-order valence-electron chi connectivity index (χ4n) is 0.716. The zero-order valence-electron chi connectivity index (χ0n) is 4.78. The summed E-state index contributed by atoms with van der Waals surface area (Å²) in [6, 6.07) is 0. The van der Waals surface area contributed by atoms with Gasteiger partial charge < -0.3 is 0 Å². The van der Waals surface area contributed by atoms with Crippen molar-refractivity contribution in [3.05, 3.63) is 0 Å². The summed E-state index contributed by atoms with van der Waals surface area (Å²) in [7, 11) is 0. The molecule has 54 valence electrons. The van der Waals surface area contributed by atoms with E-state index in [1.165, 1.54) is 0 Å². The van der Waals surface area contributed by atoms with Crippen LogP contribution in [0.3, 0.4) is 0 Å². The van der Waals surface area contributed by atoms with Crippen LogP contribution < -0.4 is 0 Å². The first-order chi connectivity index (χ1) is 4.29. The molecule has 1 aliphatic rings. The van der Waals surface area contributed by atoms with Gasteiger partial charge >= 0.3 is 11.4 Å². The average Bonchev–Trinajstić information content (AvgIpc) is 2.15. The van der Waals surface area contributed by atoms with Gasteiger partial charge in [-0.05, 0) is 18.6 Å². The minimum atomic E-state index is -2.08. The maximum absolute atomic E-state index is 10.0. The summed E-state index contributed by atoms with van der Waals surface area (Å²) in [5.74, 6) is 1.04. The Morgan fingerprint density at radius 2 is 2.56 bits per heavy atom. The van der Waals surface area contributed by atoms with E-state index in [1.807, 2.05) is 0 Å². The van der Waals surface area contributed by atoms with Gasteiger partial charge in [-0.25, -0.2) is 0 Å². The van der Waals surface area contributed by atoms with Gasteiger partial charge in [-0.1, -0.05) is 0 Å². The molecular formula is C4H8O3S2. The van der Waals surface area contributed by atoms with E-state index in [9.17, 15) is 4.21 Å². The second-order valence-electron chi connectivity index (χ2n) is 1.76. The van der Waals surface area contributed by atoms with Crippen LogP contribution in [0, 0.1) is 0 Å². The molecule has 1 aliphatic heterocycles. The molecule has 3 nitrogen and oxygen atoms in total. The van der Waals surface area contributed by atoms with Crippen LogP contribution in [0.1, 0.15) is 12.8 Å². The highest BCUT2D eigenvalue weighted by Gasteiger charge is 2.17. The van der Waals surface area contributed by atoms with Crippen molar-refractivity contribution in [1.82, 2.24) is 0 Å². The summed E-state index contributed by atoms with van der Waals surface area (Å²) in [4.78, 5) is 0. The number of hydrogen-bond acceptors (Lipinski definition) is 3. The largest absolute Gasteiger partial charge is 0.303 e. The molecule has 1 heterocycles. The fourth-order valence-corrected chi connectivity index (χ4v) is 2.35. The molecule has 2 unspecified atom stereocenters. The zero-order chi connectivity index (χ0) is 6.69. The lowest BCUT2D eigenvalue weighted by molar-refractivity contribution is 0.279. The van der Waals surface area contributed by atoms with E-state index in [0.29, 0.717) is 0 Å². The Labute approximate surface area is 60.7 Å². The quantitative estimate of drug-likeness (QED) is 0.625. The maximum atomic E-state index is 10.0. The predicted octanol–water partition coefficient (Wildman–Crippen LogP) is 0.993. The minimum Gasteiger partial charge on any atom is -0.284 e. The molecule has 0 aromatic heterocycles. The van der Waals surface area contributed by atoms with Crippen molar-refractivity contribution in [2.75, 3.05) is 5.75 Å². The maximum Gasteiger partial charge on any atom is 0.303 e. The van der Waals surface area contributed by atoms with Crippen LogP contribution in [0.4, 0.5) is 0 Å². The highest BCUT2D eigenvalue weighted by molar-refractivity contribution is 8.00. The molecule has 0 aromatic carbocycles. The monoisotopic (exact) mass is 168 g/mol. The Morgan fingerprint density at radius 3 is 3.00 bits per heavy atom. The van der Waals surface area contributed by atoms with Crippen molar-refractivity contribution in [2.45, 2.75) is 18.3 Å². The van der Waals surface area contributed by atoms with Gasteiger partial charge in [0, 0.05) is 0 Å². The Balaban J connectivity index is 2.19. The summed E-state index contributed by atoms with van der Waals surface area (Å²) >= 11 is -0.481. The van der Waals surface area contributed by atoms with E-state index in [0.717, 1.165) is 18.6 Å². The van der Waals surface area contributed by atoms with Crippen LogP contribution in [0.2, 0.25) is 0 Å². The van der Waals surface area contributed by atoms with Gasteiger partial charge in [0.1, 0.15) is 5.44 Å². The Kier molecular flexibility index (Phi) is 2.97. The van der Waals surface area contributed by atoms with Crippen LogP contribution in [0.15, 0.2) is 0 Å². The highest BCUT2D eigenvalue weighted by Crippen LogP contribution is 2.27. The van der Waals surface area contributed by atoms with Crippen molar-refractivity contribution in [2.24, 2.45) is 0 Å². The Hall–Kier alpha value is 0.420. The third kappa shape index (κ3) is 2.66. The molecule has 0 saturated carbocycles. The lowest BCUT2D eigenvalue weighted by atomic mass is 10.4.